The molecule has 1 aliphatic heterocycles. The second-order valence-corrected chi connectivity index (χ2v) is 8.44. The minimum atomic E-state index is -3.57. The summed E-state index contributed by atoms with van der Waals surface area (Å²) in [5.41, 5.74) is 1.16. The van der Waals surface area contributed by atoms with Crippen LogP contribution in [0, 0.1) is 13.8 Å². The summed E-state index contributed by atoms with van der Waals surface area (Å²) in [6.45, 7) is 3.39. The molecule has 148 valence electrons. The highest BCUT2D eigenvalue weighted by molar-refractivity contribution is 7.89. The van der Waals surface area contributed by atoms with Crippen molar-refractivity contribution in [2.24, 2.45) is 7.05 Å². The first-order valence-electron chi connectivity index (χ1n) is 8.78. The molecule has 9 heteroatoms. The van der Waals surface area contributed by atoms with E-state index in [-0.39, 0.29) is 6.10 Å². The molecule has 0 amide bonds. The molecule has 0 N–H and O–H groups in total. The van der Waals surface area contributed by atoms with E-state index >= 15 is 0 Å². The number of aromatic nitrogens is 2. The second kappa shape index (κ2) is 7.85. The number of rotatable bonds is 6. The molecule has 27 heavy (non-hydrogen) atoms. The normalized spacial score (nSPS) is 16.4. The minimum absolute atomic E-state index is 0.0690. The van der Waals surface area contributed by atoms with Crippen molar-refractivity contribution in [2.75, 3.05) is 20.0 Å². The van der Waals surface area contributed by atoms with E-state index in [1.807, 2.05) is 0 Å². The largest absolute Gasteiger partial charge is 0.490 e. The van der Waals surface area contributed by atoms with Gasteiger partial charge in [0.1, 0.15) is 22.5 Å². The topological polar surface area (TPSA) is 73.7 Å². The van der Waals surface area contributed by atoms with Crippen molar-refractivity contribution >= 4 is 10.0 Å². The van der Waals surface area contributed by atoms with Gasteiger partial charge in [-0.1, -0.05) is 0 Å². The molecule has 0 saturated carbocycles. The van der Waals surface area contributed by atoms with Crippen molar-refractivity contribution < 1.29 is 22.3 Å². The zero-order valence-electron chi connectivity index (χ0n) is 15.7. The Morgan fingerprint density at radius 2 is 1.74 bits per heavy atom. The van der Waals surface area contributed by atoms with Crippen LogP contribution >= 0.6 is 0 Å². The third-order valence-corrected chi connectivity index (χ3v) is 6.94. The Hall–Kier alpha value is -2.13. The van der Waals surface area contributed by atoms with E-state index in [4.69, 9.17) is 9.47 Å². The molecule has 0 atom stereocenters. The van der Waals surface area contributed by atoms with Crippen LogP contribution in [0.25, 0.3) is 0 Å². The average molecular weight is 397 g/mol. The fourth-order valence-corrected chi connectivity index (χ4v) is 5.19. The predicted molar refractivity (Wildman–Crippen MR) is 98.1 cm³/mol. The van der Waals surface area contributed by atoms with Crippen molar-refractivity contribution in [1.82, 2.24) is 14.1 Å². The molecule has 0 spiro atoms. The van der Waals surface area contributed by atoms with Gasteiger partial charge in [-0.15, -0.1) is 0 Å². The first kappa shape index (κ1) is 19.6. The molecule has 1 aliphatic rings. The minimum Gasteiger partial charge on any atom is -0.490 e. The van der Waals surface area contributed by atoms with Gasteiger partial charge in [0.2, 0.25) is 16.9 Å². The van der Waals surface area contributed by atoms with Gasteiger partial charge in [-0.2, -0.15) is 9.40 Å². The van der Waals surface area contributed by atoms with E-state index in [0.717, 1.165) is 0 Å². The molecule has 0 radical (unpaired) electrons. The summed E-state index contributed by atoms with van der Waals surface area (Å²) in [5, 5.41) is 4.22. The van der Waals surface area contributed by atoms with Crippen molar-refractivity contribution in [2.45, 2.75) is 37.7 Å². The number of alkyl halides is 1. The van der Waals surface area contributed by atoms with Gasteiger partial charge in [0.05, 0.1) is 11.4 Å². The fourth-order valence-electron chi connectivity index (χ4n) is 3.32. The van der Waals surface area contributed by atoms with Gasteiger partial charge in [0.25, 0.3) is 0 Å². The molecular formula is C18H24FN3O4S. The average Bonchev–Trinajstić information content (AvgIpc) is 2.90. The summed E-state index contributed by atoms with van der Waals surface area (Å²) in [6, 6.07) is 6.72. The lowest BCUT2D eigenvalue weighted by Gasteiger charge is -2.31. The Labute approximate surface area is 158 Å². The van der Waals surface area contributed by atoms with Gasteiger partial charge in [-0.3, -0.25) is 4.68 Å². The standard InChI is InChI=1S/C18H24FN3O4S/c1-13-18(14(2)21(3)20-13)27(23,24)22-10-8-17(9-11-22)26-16-6-4-15(5-7-16)25-12-19/h4-7,17H,8-12H2,1-3H3. The van der Waals surface area contributed by atoms with E-state index in [9.17, 15) is 12.8 Å². The highest BCUT2D eigenvalue weighted by Crippen LogP contribution is 2.27. The maximum absolute atomic E-state index is 13.0. The lowest BCUT2D eigenvalue weighted by Crippen LogP contribution is -2.42. The summed E-state index contributed by atoms with van der Waals surface area (Å²) in [6.07, 6.45) is 1.13. The van der Waals surface area contributed by atoms with Crippen LogP contribution in [0.4, 0.5) is 4.39 Å². The third kappa shape index (κ3) is 4.08. The van der Waals surface area contributed by atoms with Gasteiger partial charge in [0, 0.05) is 20.1 Å². The predicted octanol–water partition coefficient (Wildman–Crippen LogP) is 2.57. The summed E-state index contributed by atoms with van der Waals surface area (Å²) in [7, 11) is -1.83. The molecule has 0 unspecified atom stereocenters. The van der Waals surface area contributed by atoms with E-state index in [1.54, 1.807) is 49.8 Å². The van der Waals surface area contributed by atoms with Crippen LogP contribution < -0.4 is 9.47 Å². The van der Waals surface area contributed by atoms with Crippen molar-refractivity contribution in [1.29, 1.82) is 0 Å². The molecule has 0 aliphatic carbocycles. The van der Waals surface area contributed by atoms with Gasteiger partial charge < -0.3 is 9.47 Å². The SMILES string of the molecule is Cc1nn(C)c(C)c1S(=O)(=O)N1CCC(Oc2ccc(OCF)cc2)CC1. The molecule has 1 aromatic carbocycles. The Morgan fingerprint density at radius 3 is 2.26 bits per heavy atom. The fraction of sp³-hybridized carbons (Fsp3) is 0.500. The Kier molecular flexibility index (Phi) is 5.71. The number of ether oxygens (including phenoxy) is 2. The summed E-state index contributed by atoms with van der Waals surface area (Å²) >= 11 is 0. The van der Waals surface area contributed by atoms with Crippen LogP contribution in [0.1, 0.15) is 24.2 Å². The van der Waals surface area contributed by atoms with Gasteiger partial charge >= 0.3 is 0 Å². The van der Waals surface area contributed by atoms with Crippen molar-refractivity contribution in [3.63, 3.8) is 0 Å². The number of sulfonamides is 1. The van der Waals surface area contributed by atoms with Crippen LogP contribution in [0.15, 0.2) is 29.2 Å². The lowest BCUT2D eigenvalue weighted by molar-refractivity contribution is 0.134. The summed E-state index contributed by atoms with van der Waals surface area (Å²) in [5.74, 6) is 1.09. The quantitative estimate of drug-likeness (QED) is 0.749. The van der Waals surface area contributed by atoms with Gasteiger partial charge in [-0.25, -0.2) is 12.8 Å². The smallest absolute Gasteiger partial charge is 0.246 e. The zero-order chi connectivity index (χ0) is 19.6. The molecule has 2 aromatic rings. The number of piperidine rings is 1. The summed E-state index contributed by atoms with van der Waals surface area (Å²) < 4.78 is 51.9. The number of halogens is 1. The van der Waals surface area contributed by atoms with E-state index in [0.29, 0.717) is 53.7 Å². The van der Waals surface area contributed by atoms with Gasteiger partial charge in [0.15, 0.2) is 0 Å². The Morgan fingerprint density at radius 1 is 1.15 bits per heavy atom. The number of nitrogens with zero attached hydrogens (tertiary/aromatic N) is 3. The van der Waals surface area contributed by atoms with Crippen molar-refractivity contribution in [3.8, 4) is 11.5 Å². The molecule has 1 fully saturated rings. The van der Waals surface area contributed by atoms with Crippen LogP contribution in [0.2, 0.25) is 0 Å². The Balaban J connectivity index is 1.63. The van der Waals surface area contributed by atoms with Gasteiger partial charge in [-0.05, 0) is 51.0 Å². The third-order valence-electron chi connectivity index (χ3n) is 4.79. The molecule has 2 heterocycles. The molecule has 1 aromatic heterocycles. The monoisotopic (exact) mass is 397 g/mol. The van der Waals surface area contributed by atoms with Crippen LogP contribution in [-0.4, -0.2) is 48.6 Å². The van der Waals surface area contributed by atoms with Crippen LogP contribution in [0.5, 0.6) is 11.5 Å². The number of hydrogen-bond donors (Lipinski definition) is 0. The van der Waals surface area contributed by atoms with E-state index in [2.05, 4.69) is 5.10 Å². The van der Waals surface area contributed by atoms with Crippen molar-refractivity contribution in [3.05, 3.63) is 35.7 Å². The number of hydrogen-bond acceptors (Lipinski definition) is 5. The van der Waals surface area contributed by atoms with Crippen LogP contribution in [0.3, 0.4) is 0 Å². The first-order valence-corrected chi connectivity index (χ1v) is 10.2. The van der Waals surface area contributed by atoms with E-state index in [1.165, 1.54) is 4.31 Å². The molecule has 0 bridgehead atoms. The lowest BCUT2D eigenvalue weighted by atomic mass is 10.1. The zero-order valence-corrected chi connectivity index (χ0v) is 16.5. The maximum Gasteiger partial charge on any atom is 0.246 e. The highest BCUT2D eigenvalue weighted by Gasteiger charge is 2.33. The van der Waals surface area contributed by atoms with Crippen LogP contribution in [-0.2, 0) is 17.1 Å². The molecule has 1 saturated heterocycles. The number of benzene rings is 1. The Bertz CT molecular complexity index is 888. The number of aryl methyl sites for hydroxylation is 2. The molecular weight excluding hydrogens is 373 g/mol. The molecule has 7 nitrogen and oxygen atoms in total. The first-order chi connectivity index (χ1) is 12.8. The van der Waals surface area contributed by atoms with E-state index < -0.39 is 16.9 Å². The molecule has 3 rings (SSSR count). The second-order valence-electron chi connectivity index (χ2n) is 6.57. The summed E-state index contributed by atoms with van der Waals surface area (Å²) in [4.78, 5) is 0.299. The maximum atomic E-state index is 13.0. The highest BCUT2D eigenvalue weighted by atomic mass is 32.2.